The Bertz CT molecular complexity index is 999. The van der Waals surface area contributed by atoms with E-state index in [2.05, 4.69) is 32.2 Å². The average Bonchev–Trinajstić information content (AvgIpc) is 3.28. The maximum absolute atomic E-state index is 13.7. The fourth-order valence-electron chi connectivity index (χ4n) is 4.29. The van der Waals surface area contributed by atoms with E-state index in [4.69, 9.17) is 0 Å². The van der Waals surface area contributed by atoms with Gasteiger partial charge in [0.25, 0.3) is 5.91 Å². The Kier molecular flexibility index (Phi) is 5.88. The molecule has 3 heterocycles. The van der Waals surface area contributed by atoms with Gasteiger partial charge >= 0.3 is 0 Å². The Balaban J connectivity index is 1.60. The van der Waals surface area contributed by atoms with E-state index in [1.165, 1.54) is 4.80 Å². The number of rotatable bonds is 5. The van der Waals surface area contributed by atoms with Gasteiger partial charge in [0, 0.05) is 12.6 Å². The molecule has 0 radical (unpaired) electrons. The molecule has 0 spiro atoms. The lowest BCUT2D eigenvalue weighted by atomic mass is 9.86. The van der Waals surface area contributed by atoms with Crippen molar-refractivity contribution in [2.75, 3.05) is 6.54 Å². The molecule has 1 saturated heterocycles. The van der Waals surface area contributed by atoms with Crippen molar-refractivity contribution in [3.05, 3.63) is 65.2 Å². The number of carbonyl (C=O) groups excluding carboxylic acids is 1. The topological polar surface area (TPSA) is 76.8 Å². The standard InChI is InChI=1S/C23H28N6O/c1-16-6-10-22(29-24-12-13-25-29)20(15-16)23(30)28-14-4-5-17(2)21(28)11-9-19-8-7-18(3)26-27-19/h6-8,10,12-13,15,17,21H,4-5,9,11,14H2,1-3H3/t17-,21?/m1/s1. The summed E-state index contributed by atoms with van der Waals surface area (Å²) in [7, 11) is 0. The molecule has 1 fully saturated rings. The van der Waals surface area contributed by atoms with Gasteiger partial charge in [0.05, 0.1) is 35.0 Å². The van der Waals surface area contributed by atoms with Crippen LogP contribution in [0.15, 0.2) is 42.7 Å². The van der Waals surface area contributed by atoms with E-state index in [0.29, 0.717) is 11.5 Å². The Morgan fingerprint density at radius 2 is 1.90 bits per heavy atom. The molecule has 2 atom stereocenters. The van der Waals surface area contributed by atoms with E-state index in [1.54, 1.807) is 12.4 Å². The predicted molar refractivity (Wildman–Crippen MR) is 114 cm³/mol. The molecule has 3 aromatic rings. The third-order valence-corrected chi connectivity index (χ3v) is 5.94. The second-order valence-corrected chi connectivity index (χ2v) is 8.23. The Morgan fingerprint density at radius 3 is 2.63 bits per heavy atom. The second-order valence-electron chi connectivity index (χ2n) is 8.23. The normalized spacial score (nSPS) is 19.1. The lowest BCUT2D eigenvalue weighted by Crippen LogP contribution is -2.48. The van der Waals surface area contributed by atoms with Gasteiger partial charge < -0.3 is 4.90 Å². The number of nitrogens with zero attached hydrogens (tertiary/aromatic N) is 6. The zero-order valence-corrected chi connectivity index (χ0v) is 17.8. The summed E-state index contributed by atoms with van der Waals surface area (Å²) in [6, 6.07) is 10.1. The minimum absolute atomic E-state index is 0.0533. The molecule has 4 rings (SSSR count). The summed E-state index contributed by atoms with van der Waals surface area (Å²) >= 11 is 0. The van der Waals surface area contributed by atoms with Gasteiger partial charge in [-0.15, -0.1) is 0 Å². The lowest BCUT2D eigenvalue weighted by molar-refractivity contribution is 0.0498. The number of aryl methyl sites for hydroxylation is 3. The molecule has 0 aliphatic carbocycles. The highest BCUT2D eigenvalue weighted by atomic mass is 16.2. The van der Waals surface area contributed by atoms with Gasteiger partial charge in [0.15, 0.2) is 0 Å². The summed E-state index contributed by atoms with van der Waals surface area (Å²) in [5.41, 5.74) is 4.31. The molecule has 7 nitrogen and oxygen atoms in total. The van der Waals surface area contributed by atoms with E-state index in [-0.39, 0.29) is 11.9 Å². The number of carbonyl (C=O) groups is 1. The minimum atomic E-state index is 0.0533. The van der Waals surface area contributed by atoms with Crippen molar-refractivity contribution < 1.29 is 4.79 Å². The van der Waals surface area contributed by atoms with Gasteiger partial charge in [0.1, 0.15) is 0 Å². The van der Waals surface area contributed by atoms with Crippen LogP contribution in [-0.2, 0) is 6.42 Å². The SMILES string of the molecule is Cc1ccc(-n2nccn2)c(C(=O)N2CCC[C@@H](C)C2CCc2ccc(C)nn2)c1. The van der Waals surface area contributed by atoms with Crippen LogP contribution in [-0.4, -0.2) is 48.6 Å². The number of piperidine rings is 1. The van der Waals surface area contributed by atoms with Gasteiger partial charge in [-0.3, -0.25) is 4.79 Å². The maximum atomic E-state index is 13.7. The molecule has 156 valence electrons. The van der Waals surface area contributed by atoms with Crippen molar-refractivity contribution in [3.63, 3.8) is 0 Å². The molecule has 1 aliphatic rings. The number of benzene rings is 1. The summed E-state index contributed by atoms with van der Waals surface area (Å²) in [5.74, 6) is 0.495. The first-order valence-electron chi connectivity index (χ1n) is 10.6. The van der Waals surface area contributed by atoms with Crippen LogP contribution in [0.1, 0.15) is 53.5 Å². The van der Waals surface area contributed by atoms with Crippen LogP contribution in [0.5, 0.6) is 0 Å². The zero-order chi connectivity index (χ0) is 21.1. The van der Waals surface area contributed by atoms with Crippen molar-refractivity contribution in [1.29, 1.82) is 0 Å². The fourth-order valence-corrected chi connectivity index (χ4v) is 4.29. The Hall–Kier alpha value is -3.09. The summed E-state index contributed by atoms with van der Waals surface area (Å²) < 4.78 is 0. The highest BCUT2D eigenvalue weighted by molar-refractivity contribution is 5.98. The van der Waals surface area contributed by atoms with Crippen LogP contribution in [0.4, 0.5) is 0 Å². The van der Waals surface area contributed by atoms with E-state index in [1.807, 2.05) is 44.2 Å². The van der Waals surface area contributed by atoms with Crippen LogP contribution in [0, 0.1) is 19.8 Å². The molecule has 1 aliphatic heterocycles. The number of amides is 1. The van der Waals surface area contributed by atoms with E-state index >= 15 is 0 Å². The van der Waals surface area contributed by atoms with E-state index in [9.17, 15) is 4.79 Å². The molecule has 0 bridgehead atoms. The Morgan fingerprint density at radius 1 is 1.10 bits per heavy atom. The lowest BCUT2D eigenvalue weighted by Gasteiger charge is -2.40. The third kappa shape index (κ3) is 4.25. The highest BCUT2D eigenvalue weighted by Gasteiger charge is 2.33. The van der Waals surface area contributed by atoms with Crippen molar-refractivity contribution in [2.24, 2.45) is 5.92 Å². The molecule has 0 saturated carbocycles. The van der Waals surface area contributed by atoms with Crippen molar-refractivity contribution in [3.8, 4) is 5.69 Å². The van der Waals surface area contributed by atoms with Gasteiger partial charge in [0.2, 0.25) is 0 Å². The van der Waals surface area contributed by atoms with Gasteiger partial charge in [-0.1, -0.05) is 18.6 Å². The van der Waals surface area contributed by atoms with Crippen LogP contribution in [0.3, 0.4) is 0 Å². The first kappa shape index (κ1) is 20.2. The molecule has 7 heteroatoms. The van der Waals surface area contributed by atoms with Crippen molar-refractivity contribution in [1.82, 2.24) is 30.1 Å². The van der Waals surface area contributed by atoms with Crippen LogP contribution in [0.2, 0.25) is 0 Å². The van der Waals surface area contributed by atoms with Crippen LogP contribution in [0.25, 0.3) is 5.69 Å². The van der Waals surface area contributed by atoms with Crippen LogP contribution < -0.4 is 0 Å². The number of hydrogen-bond acceptors (Lipinski definition) is 5. The highest BCUT2D eigenvalue weighted by Crippen LogP contribution is 2.29. The molecule has 1 aromatic carbocycles. The minimum Gasteiger partial charge on any atom is -0.335 e. The monoisotopic (exact) mass is 404 g/mol. The van der Waals surface area contributed by atoms with E-state index in [0.717, 1.165) is 54.9 Å². The molecule has 0 N–H and O–H groups in total. The molecular weight excluding hydrogens is 376 g/mol. The van der Waals surface area contributed by atoms with Gasteiger partial charge in [-0.2, -0.15) is 25.2 Å². The summed E-state index contributed by atoms with van der Waals surface area (Å²) in [6.45, 7) is 6.96. The smallest absolute Gasteiger partial charge is 0.256 e. The average molecular weight is 405 g/mol. The predicted octanol–water partition coefficient (Wildman–Crippen LogP) is 3.55. The van der Waals surface area contributed by atoms with Crippen molar-refractivity contribution in [2.45, 2.75) is 52.5 Å². The molecule has 1 unspecified atom stereocenters. The van der Waals surface area contributed by atoms with E-state index < -0.39 is 0 Å². The first-order chi connectivity index (χ1) is 14.5. The second kappa shape index (κ2) is 8.73. The fraction of sp³-hybridized carbons (Fsp3) is 0.435. The number of hydrogen-bond donors (Lipinski definition) is 0. The first-order valence-corrected chi connectivity index (χ1v) is 10.6. The van der Waals surface area contributed by atoms with Gasteiger partial charge in [-0.05, 0) is 69.7 Å². The molecule has 2 aromatic heterocycles. The quantitative estimate of drug-likeness (QED) is 0.650. The van der Waals surface area contributed by atoms with Crippen LogP contribution >= 0.6 is 0 Å². The maximum Gasteiger partial charge on any atom is 0.256 e. The molecular formula is C23H28N6O. The number of likely N-dealkylation sites (tertiary alicyclic amines) is 1. The third-order valence-electron chi connectivity index (χ3n) is 5.94. The molecule has 1 amide bonds. The van der Waals surface area contributed by atoms with Crippen molar-refractivity contribution >= 4 is 5.91 Å². The van der Waals surface area contributed by atoms with Gasteiger partial charge in [-0.25, -0.2) is 0 Å². The zero-order valence-electron chi connectivity index (χ0n) is 17.8. The molecule has 30 heavy (non-hydrogen) atoms. The summed E-state index contributed by atoms with van der Waals surface area (Å²) in [6.07, 6.45) is 7.11. The number of aromatic nitrogens is 5. The largest absolute Gasteiger partial charge is 0.335 e. The summed E-state index contributed by atoms with van der Waals surface area (Å²) in [5, 5.41) is 17.0. The Labute approximate surface area is 177 Å². The summed E-state index contributed by atoms with van der Waals surface area (Å²) in [4.78, 5) is 17.3.